The van der Waals surface area contributed by atoms with Crippen LogP contribution in [0.15, 0.2) is 60.0 Å². The van der Waals surface area contributed by atoms with Crippen molar-refractivity contribution < 1.29 is 9.18 Å². The summed E-state index contributed by atoms with van der Waals surface area (Å²) in [6.45, 7) is 4.93. The largest absolute Gasteiger partial charge is 0.348 e. The highest BCUT2D eigenvalue weighted by atomic mass is 19.1. The number of amides is 1. The maximum absolute atomic E-state index is 14.5. The fourth-order valence-corrected chi connectivity index (χ4v) is 3.32. The molecule has 2 heterocycles. The van der Waals surface area contributed by atoms with E-state index in [2.05, 4.69) is 15.4 Å². The number of carbonyl (C=O) groups is 1. The molecule has 1 N–H and O–H groups in total. The van der Waals surface area contributed by atoms with Crippen molar-refractivity contribution in [3.8, 4) is 5.69 Å². The zero-order chi connectivity index (χ0) is 20.4. The first-order valence-electron chi connectivity index (χ1n) is 9.50. The highest BCUT2D eigenvalue weighted by molar-refractivity contribution is 5.94. The molecule has 0 spiro atoms. The summed E-state index contributed by atoms with van der Waals surface area (Å²) in [5, 5.41) is 9.23. The molecule has 0 aliphatic carbocycles. The Morgan fingerprint density at radius 2 is 1.97 bits per heavy atom. The van der Waals surface area contributed by atoms with Gasteiger partial charge in [-0.3, -0.25) is 9.80 Å². The van der Waals surface area contributed by atoms with Gasteiger partial charge in [-0.1, -0.05) is 6.07 Å². The molecule has 3 aromatic rings. The second-order valence-corrected chi connectivity index (χ2v) is 7.07. The Bertz CT molecular complexity index is 1070. The Morgan fingerprint density at radius 3 is 2.59 bits per heavy atom. The monoisotopic (exact) mass is 391 g/mol. The third-order valence-corrected chi connectivity index (χ3v) is 4.95. The van der Waals surface area contributed by atoms with Gasteiger partial charge in [0.1, 0.15) is 11.6 Å². The molecule has 6 nitrogen and oxygen atoms in total. The number of hydrogen-bond acceptors (Lipinski definition) is 4. The quantitative estimate of drug-likeness (QED) is 0.719. The number of halogens is 1. The van der Waals surface area contributed by atoms with Crippen LogP contribution in [0, 0.1) is 12.7 Å². The van der Waals surface area contributed by atoms with Crippen molar-refractivity contribution in [1.82, 2.24) is 14.9 Å². The van der Waals surface area contributed by atoms with Crippen molar-refractivity contribution in [2.24, 2.45) is 5.10 Å². The van der Waals surface area contributed by atoms with E-state index in [1.807, 2.05) is 31.0 Å². The molecular formula is C22H22FN5O. The number of imidazole rings is 1. The third-order valence-electron chi connectivity index (χ3n) is 4.95. The molecular weight excluding hydrogens is 369 g/mol. The maximum atomic E-state index is 14.5. The summed E-state index contributed by atoms with van der Waals surface area (Å²) in [4.78, 5) is 16.5. The summed E-state index contributed by atoms with van der Waals surface area (Å²) in [5.41, 5.74) is 3.75. The lowest BCUT2D eigenvalue weighted by Gasteiger charge is -2.14. The molecule has 148 valence electrons. The molecule has 4 rings (SSSR count). The molecule has 0 unspecified atom stereocenters. The molecule has 0 saturated heterocycles. The van der Waals surface area contributed by atoms with Crippen LogP contribution in [0.4, 0.5) is 10.1 Å². The Labute approximate surface area is 168 Å². The molecule has 0 bridgehead atoms. The second kappa shape index (κ2) is 7.87. The number of nitrogens with zero attached hydrogens (tertiary/aromatic N) is 4. The van der Waals surface area contributed by atoms with Gasteiger partial charge in [0.25, 0.3) is 5.91 Å². The summed E-state index contributed by atoms with van der Waals surface area (Å²) < 4.78 is 16.2. The zero-order valence-electron chi connectivity index (χ0n) is 16.4. The van der Waals surface area contributed by atoms with E-state index in [-0.39, 0.29) is 18.3 Å². The smallest absolute Gasteiger partial charge is 0.251 e. The van der Waals surface area contributed by atoms with Crippen LogP contribution in [0.1, 0.15) is 35.1 Å². The van der Waals surface area contributed by atoms with E-state index in [1.54, 1.807) is 41.2 Å². The first-order chi connectivity index (χ1) is 14.0. The number of hydrogen-bond donors (Lipinski definition) is 1. The second-order valence-electron chi connectivity index (χ2n) is 7.07. The van der Waals surface area contributed by atoms with E-state index in [4.69, 9.17) is 0 Å². The van der Waals surface area contributed by atoms with Crippen LogP contribution in [0.3, 0.4) is 0 Å². The van der Waals surface area contributed by atoms with Gasteiger partial charge in [0.15, 0.2) is 0 Å². The van der Waals surface area contributed by atoms with Gasteiger partial charge in [0.05, 0.1) is 11.4 Å². The molecule has 7 heteroatoms. The lowest BCUT2D eigenvalue weighted by atomic mass is 10.1. The average Bonchev–Trinajstić information content (AvgIpc) is 3.34. The van der Waals surface area contributed by atoms with Crippen molar-refractivity contribution in [3.63, 3.8) is 0 Å². The highest BCUT2D eigenvalue weighted by Gasteiger charge is 2.14. The van der Waals surface area contributed by atoms with Gasteiger partial charge in [0.2, 0.25) is 0 Å². The molecule has 0 atom stereocenters. The van der Waals surface area contributed by atoms with E-state index in [9.17, 15) is 9.18 Å². The minimum absolute atomic E-state index is 0.201. The standard InChI is InChI=1S/C22H22FN5O/c1-15-9-11-28(26-15)19-6-4-18(5-7-19)22(29)25-14-17-3-8-21(20(23)13-17)27-12-10-24-16(27)2/h3-8,10,12-13H,9,11,14H2,1-2H3,(H,25,29). The zero-order valence-corrected chi connectivity index (χ0v) is 16.4. The van der Waals surface area contributed by atoms with Crippen molar-refractivity contribution in [2.75, 3.05) is 11.6 Å². The lowest BCUT2D eigenvalue weighted by molar-refractivity contribution is 0.0951. The van der Waals surface area contributed by atoms with Crippen LogP contribution in [0.2, 0.25) is 0 Å². The van der Waals surface area contributed by atoms with Gasteiger partial charge < -0.3 is 9.88 Å². The van der Waals surface area contributed by atoms with Crippen LogP contribution in [0.25, 0.3) is 5.69 Å². The van der Waals surface area contributed by atoms with Gasteiger partial charge in [-0.15, -0.1) is 0 Å². The number of aromatic nitrogens is 2. The summed E-state index contributed by atoms with van der Waals surface area (Å²) in [5.74, 6) is 0.152. The van der Waals surface area contributed by atoms with Crippen molar-refractivity contribution in [3.05, 3.63) is 77.6 Å². The number of anilines is 1. The number of benzene rings is 2. The number of carbonyl (C=O) groups excluding carboxylic acids is 1. The van der Waals surface area contributed by atoms with E-state index in [1.165, 1.54) is 6.07 Å². The predicted molar refractivity (Wildman–Crippen MR) is 111 cm³/mol. The Hall–Kier alpha value is -3.48. The Kier molecular flexibility index (Phi) is 5.12. The molecule has 0 radical (unpaired) electrons. The fraction of sp³-hybridized carbons (Fsp3) is 0.227. The van der Waals surface area contributed by atoms with Crippen molar-refractivity contribution >= 4 is 17.3 Å². The Morgan fingerprint density at radius 1 is 1.17 bits per heavy atom. The van der Waals surface area contributed by atoms with E-state index < -0.39 is 0 Å². The van der Waals surface area contributed by atoms with Gasteiger partial charge in [-0.05, 0) is 55.8 Å². The van der Waals surface area contributed by atoms with Crippen LogP contribution >= 0.6 is 0 Å². The SMILES string of the molecule is CC1=NN(c2ccc(C(=O)NCc3ccc(-n4ccnc4C)c(F)c3)cc2)CC1. The summed E-state index contributed by atoms with van der Waals surface area (Å²) >= 11 is 0. The highest BCUT2D eigenvalue weighted by Crippen LogP contribution is 2.20. The molecule has 1 aromatic heterocycles. The van der Waals surface area contributed by atoms with E-state index in [0.29, 0.717) is 22.6 Å². The van der Waals surface area contributed by atoms with Crippen LogP contribution < -0.4 is 10.3 Å². The van der Waals surface area contributed by atoms with E-state index in [0.717, 1.165) is 24.4 Å². The van der Waals surface area contributed by atoms with Crippen molar-refractivity contribution in [1.29, 1.82) is 0 Å². The fourth-order valence-electron chi connectivity index (χ4n) is 3.32. The minimum Gasteiger partial charge on any atom is -0.348 e. The third kappa shape index (κ3) is 4.03. The average molecular weight is 391 g/mol. The van der Waals surface area contributed by atoms with Crippen LogP contribution in [0.5, 0.6) is 0 Å². The number of aryl methyl sites for hydroxylation is 1. The molecule has 0 saturated carbocycles. The number of hydrazone groups is 1. The molecule has 0 fully saturated rings. The van der Waals surface area contributed by atoms with Gasteiger partial charge in [-0.25, -0.2) is 9.37 Å². The Balaban J connectivity index is 1.39. The maximum Gasteiger partial charge on any atom is 0.251 e. The summed E-state index contributed by atoms with van der Waals surface area (Å²) in [6.07, 6.45) is 4.30. The summed E-state index contributed by atoms with van der Waals surface area (Å²) in [6, 6.07) is 12.3. The minimum atomic E-state index is -0.358. The van der Waals surface area contributed by atoms with Crippen LogP contribution in [-0.4, -0.2) is 27.7 Å². The first kappa shape index (κ1) is 18.9. The van der Waals surface area contributed by atoms with Crippen molar-refractivity contribution in [2.45, 2.75) is 26.8 Å². The molecule has 29 heavy (non-hydrogen) atoms. The van der Waals surface area contributed by atoms with Gasteiger partial charge >= 0.3 is 0 Å². The molecule has 1 amide bonds. The predicted octanol–water partition coefficient (Wildman–Crippen LogP) is 3.84. The molecule has 1 aliphatic rings. The molecule has 2 aromatic carbocycles. The van der Waals surface area contributed by atoms with Crippen LogP contribution in [-0.2, 0) is 6.54 Å². The lowest BCUT2D eigenvalue weighted by Crippen LogP contribution is -2.23. The summed E-state index contributed by atoms with van der Waals surface area (Å²) in [7, 11) is 0. The van der Waals surface area contributed by atoms with Gasteiger partial charge in [0, 0.05) is 43.2 Å². The number of nitrogens with one attached hydrogen (secondary N) is 1. The topological polar surface area (TPSA) is 62.5 Å². The van der Waals surface area contributed by atoms with E-state index >= 15 is 0 Å². The number of rotatable bonds is 5. The normalized spacial score (nSPS) is 13.5. The first-order valence-corrected chi connectivity index (χ1v) is 9.50. The van der Waals surface area contributed by atoms with Gasteiger partial charge in [-0.2, -0.15) is 5.10 Å². The molecule has 1 aliphatic heterocycles.